The predicted molar refractivity (Wildman–Crippen MR) is 111 cm³/mol. The number of aryl methyl sites for hydroxylation is 1. The van der Waals surface area contributed by atoms with E-state index in [2.05, 4.69) is 15.8 Å². The van der Waals surface area contributed by atoms with Crippen LogP contribution in [-0.4, -0.2) is 38.7 Å². The van der Waals surface area contributed by atoms with Gasteiger partial charge < -0.3 is 10.2 Å². The van der Waals surface area contributed by atoms with E-state index in [1.807, 2.05) is 24.1 Å². The molecule has 0 aromatic heterocycles. The molecule has 0 unspecified atom stereocenters. The summed E-state index contributed by atoms with van der Waals surface area (Å²) in [5.74, 6) is 0.406. The van der Waals surface area contributed by atoms with E-state index in [0.717, 1.165) is 18.5 Å². The van der Waals surface area contributed by atoms with Crippen LogP contribution in [0.1, 0.15) is 30.4 Å². The highest BCUT2D eigenvalue weighted by molar-refractivity contribution is 7.90. The Morgan fingerprint density at radius 2 is 1.86 bits per heavy atom. The molecule has 0 atom stereocenters. The summed E-state index contributed by atoms with van der Waals surface area (Å²) >= 11 is 0. The zero-order chi connectivity index (χ0) is 20.9. The average molecular weight is 410 g/mol. The lowest BCUT2D eigenvalue weighted by Crippen LogP contribution is -2.20. The number of hydrogen-bond acceptors (Lipinski definition) is 4. The van der Waals surface area contributed by atoms with E-state index in [4.69, 9.17) is 5.26 Å². The zero-order valence-corrected chi connectivity index (χ0v) is 16.9. The molecule has 0 saturated carbocycles. The number of anilines is 1. The number of likely N-dealkylation sites (tertiary alicyclic amines) is 1. The first-order valence-electron chi connectivity index (χ1n) is 9.31. The number of nitrogens with one attached hydrogen (secondary N) is 1. The normalized spacial score (nSPS) is 15.3. The summed E-state index contributed by atoms with van der Waals surface area (Å²) in [6.07, 6.45) is 2.39. The molecule has 1 saturated heterocycles. The summed E-state index contributed by atoms with van der Waals surface area (Å²) in [4.78, 5) is 14.1. The maximum absolute atomic E-state index is 12.5. The Morgan fingerprint density at radius 1 is 1.17 bits per heavy atom. The van der Waals surface area contributed by atoms with Gasteiger partial charge in [0, 0.05) is 32.1 Å². The molecule has 2 aromatic carbocycles. The Balaban J connectivity index is 1.58. The van der Waals surface area contributed by atoms with Crippen LogP contribution in [0.25, 0.3) is 0 Å². The van der Waals surface area contributed by atoms with Crippen LogP contribution in [0.3, 0.4) is 0 Å². The highest BCUT2D eigenvalue weighted by Gasteiger charge is 2.20. The summed E-state index contributed by atoms with van der Waals surface area (Å²) in [5.41, 5.74) is 2.08. The molecular weight excluding hydrogens is 388 g/mol. The number of sulfonamides is 1. The van der Waals surface area contributed by atoms with Gasteiger partial charge in [0.05, 0.1) is 16.5 Å². The van der Waals surface area contributed by atoms with Crippen LogP contribution < -0.4 is 5.32 Å². The van der Waals surface area contributed by atoms with Crippen molar-refractivity contribution in [1.82, 2.24) is 4.90 Å². The van der Waals surface area contributed by atoms with Crippen molar-refractivity contribution in [2.24, 2.45) is 4.40 Å². The Kier molecular flexibility index (Phi) is 6.29. The van der Waals surface area contributed by atoms with E-state index in [1.165, 1.54) is 12.1 Å². The van der Waals surface area contributed by atoms with Gasteiger partial charge in [-0.25, -0.2) is 0 Å². The Bertz CT molecular complexity index is 1050. The number of nitriles is 1. The molecule has 1 fully saturated rings. The third kappa shape index (κ3) is 5.42. The molecule has 0 bridgehead atoms. The van der Waals surface area contributed by atoms with Gasteiger partial charge in [0.25, 0.3) is 10.0 Å². The minimum absolute atomic E-state index is 0.0980. The van der Waals surface area contributed by atoms with Crippen LogP contribution in [0.2, 0.25) is 0 Å². The van der Waals surface area contributed by atoms with Gasteiger partial charge in [-0.1, -0.05) is 12.1 Å². The molecule has 1 aliphatic rings. The van der Waals surface area contributed by atoms with Crippen molar-refractivity contribution in [3.63, 3.8) is 0 Å². The molecule has 0 radical (unpaired) electrons. The molecule has 0 spiro atoms. The van der Waals surface area contributed by atoms with Crippen molar-refractivity contribution in [2.45, 2.75) is 30.6 Å². The first kappa shape index (κ1) is 20.6. The lowest BCUT2D eigenvalue weighted by atomic mass is 10.1. The standard InChI is InChI=1S/C21H22N4O3S/c1-25-14-2-3-20(25)24-29(27,28)19-11-9-18(10-12-19)23-21(26)13-8-16-4-6-17(15-22)7-5-16/h4-7,9-12H,2-3,8,13-14H2,1H3,(H,23,26)/b24-20+. The van der Waals surface area contributed by atoms with Crippen LogP contribution >= 0.6 is 0 Å². The fourth-order valence-corrected chi connectivity index (χ4v) is 4.13. The van der Waals surface area contributed by atoms with Crippen LogP contribution in [0.15, 0.2) is 57.8 Å². The second-order valence-corrected chi connectivity index (χ2v) is 8.49. The molecule has 1 N–H and O–H groups in total. The minimum atomic E-state index is -3.76. The molecule has 7 nitrogen and oxygen atoms in total. The summed E-state index contributed by atoms with van der Waals surface area (Å²) in [5, 5.41) is 11.6. The van der Waals surface area contributed by atoms with E-state index < -0.39 is 10.0 Å². The monoisotopic (exact) mass is 410 g/mol. The first-order valence-corrected chi connectivity index (χ1v) is 10.8. The smallest absolute Gasteiger partial charge is 0.283 e. The Hall–Kier alpha value is -3.18. The van der Waals surface area contributed by atoms with Crippen molar-refractivity contribution in [1.29, 1.82) is 5.26 Å². The largest absolute Gasteiger partial charge is 0.362 e. The second-order valence-electron chi connectivity index (χ2n) is 6.89. The van der Waals surface area contributed by atoms with Crippen LogP contribution in [0.5, 0.6) is 0 Å². The highest BCUT2D eigenvalue weighted by Crippen LogP contribution is 2.19. The maximum atomic E-state index is 12.5. The Labute approximate surface area is 170 Å². The van der Waals surface area contributed by atoms with E-state index >= 15 is 0 Å². The predicted octanol–water partition coefficient (Wildman–Crippen LogP) is 2.94. The SMILES string of the molecule is CN1CCC/C1=N\S(=O)(=O)c1ccc(NC(=O)CCc2ccc(C#N)cc2)cc1. The average Bonchev–Trinajstić information content (AvgIpc) is 3.11. The van der Waals surface area contributed by atoms with Crippen LogP contribution in [0, 0.1) is 11.3 Å². The van der Waals surface area contributed by atoms with E-state index in [-0.39, 0.29) is 17.2 Å². The van der Waals surface area contributed by atoms with Crippen molar-refractivity contribution in [2.75, 3.05) is 18.9 Å². The molecule has 2 aromatic rings. The quantitative estimate of drug-likeness (QED) is 0.789. The van der Waals surface area contributed by atoms with Crippen molar-refractivity contribution in [3.05, 3.63) is 59.7 Å². The number of amides is 1. The maximum Gasteiger partial charge on any atom is 0.283 e. The molecule has 1 amide bonds. The Morgan fingerprint density at radius 3 is 2.45 bits per heavy atom. The lowest BCUT2D eigenvalue weighted by molar-refractivity contribution is -0.116. The van der Waals surface area contributed by atoms with Gasteiger partial charge in [-0.15, -0.1) is 4.40 Å². The number of amidine groups is 1. The molecular formula is C21H22N4O3S. The minimum Gasteiger partial charge on any atom is -0.362 e. The third-order valence-electron chi connectivity index (χ3n) is 4.72. The van der Waals surface area contributed by atoms with Gasteiger partial charge in [0.1, 0.15) is 5.84 Å². The van der Waals surface area contributed by atoms with Crippen LogP contribution in [0.4, 0.5) is 5.69 Å². The van der Waals surface area contributed by atoms with E-state index in [1.54, 1.807) is 24.3 Å². The molecule has 29 heavy (non-hydrogen) atoms. The number of carbonyl (C=O) groups is 1. The van der Waals surface area contributed by atoms with Gasteiger partial charge in [-0.2, -0.15) is 13.7 Å². The van der Waals surface area contributed by atoms with Crippen LogP contribution in [-0.2, 0) is 21.2 Å². The van der Waals surface area contributed by atoms with Gasteiger partial charge >= 0.3 is 0 Å². The summed E-state index contributed by atoms with van der Waals surface area (Å²) in [7, 11) is -1.93. The molecule has 1 heterocycles. The lowest BCUT2D eigenvalue weighted by Gasteiger charge is -2.11. The summed E-state index contributed by atoms with van der Waals surface area (Å²) in [6, 6.07) is 15.2. The third-order valence-corrected chi connectivity index (χ3v) is 6.04. The van der Waals surface area contributed by atoms with Crippen molar-refractivity contribution >= 4 is 27.5 Å². The number of hydrogen-bond donors (Lipinski definition) is 1. The number of rotatable bonds is 6. The summed E-state index contributed by atoms with van der Waals surface area (Å²) < 4.78 is 28.8. The van der Waals surface area contributed by atoms with Gasteiger partial charge in [-0.05, 0) is 54.8 Å². The van der Waals surface area contributed by atoms with Gasteiger partial charge in [-0.3, -0.25) is 4.79 Å². The molecule has 1 aliphatic heterocycles. The number of nitrogens with zero attached hydrogens (tertiary/aromatic N) is 3. The van der Waals surface area contributed by atoms with Gasteiger partial charge in [0.2, 0.25) is 5.91 Å². The van der Waals surface area contributed by atoms with Crippen molar-refractivity contribution < 1.29 is 13.2 Å². The van der Waals surface area contributed by atoms with E-state index in [9.17, 15) is 13.2 Å². The van der Waals surface area contributed by atoms with Gasteiger partial charge in [0.15, 0.2) is 0 Å². The fourth-order valence-electron chi connectivity index (χ4n) is 3.04. The number of carbonyl (C=O) groups excluding carboxylic acids is 1. The molecule has 8 heteroatoms. The first-order chi connectivity index (χ1) is 13.9. The molecule has 150 valence electrons. The number of benzene rings is 2. The summed E-state index contributed by atoms with van der Waals surface area (Å²) in [6.45, 7) is 0.807. The zero-order valence-electron chi connectivity index (χ0n) is 16.1. The highest BCUT2D eigenvalue weighted by atomic mass is 32.2. The topological polar surface area (TPSA) is 103 Å². The fraction of sp³-hybridized carbons (Fsp3) is 0.286. The molecule has 3 rings (SSSR count). The molecule has 0 aliphatic carbocycles. The van der Waals surface area contributed by atoms with E-state index in [0.29, 0.717) is 29.9 Å². The van der Waals surface area contributed by atoms with Crippen molar-refractivity contribution in [3.8, 4) is 6.07 Å². The second kappa shape index (κ2) is 8.88.